The van der Waals surface area contributed by atoms with Gasteiger partial charge in [-0.3, -0.25) is 14.4 Å². The van der Waals surface area contributed by atoms with E-state index in [1.807, 2.05) is 0 Å². The van der Waals surface area contributed by atoms with Gasteiger partial charge in [0.2, 0.25) is 5.91 Å². The van der Waals surface area contributed by atoms with Crippen molar-refractivity contribution in [2.75, 3.05) is 13.7 Å². The van der Waals surface area contributed by atoms with Gasteiger partial charge in [-0.2, -0.15) is 0 Å². The highest BCUT2D eigenvalue weighted by Crippen LogP contribution is 2.29. The second-order valence-electron chi connectivity index (χ2n) is 6.41. The summed E-state index contributed by atoms with van der Waals surface area (Å²) in [7, 11) is 1.45. The van der Waals surface area contributed by atoms with E-state index in [0.29, 0.717) is 17.9 Å². The lowest BCUT2D eigenvalue weighted by Crippen LogP contribution is -2.34. The fourth-order valence-corrected chi connectivity index (χ4v) is 2.55. The summed E-state index contributed by atoms with van der Waals surface area (Å²) in [5.41, 5.74) is 0.762. The Balaban J connectivity index is 2.87. The van der Waals surface area contributed by atoms with E-state index in [1.54, 1.807) is 24.3 Å². The molecule has 0 fully saturated rings. The highest BCUT2D eigenvalue weighted by Gasteiger charge is 2.12. The van der Waals surface area contributed by atoms with Gasteiger partial charge in [0, 0.05) is 20.4 Å². The van der Waals surface area contributed by atoms with Crippen LogP contribution in [0.3, 0.4) is 0 Å². The van der Waals surface area contributed by atoms with E-state index in [2.05, 4.69) is 17.6 Å². The number of rotatable bonds is 11. The Morgan fingerprint density at radius 2 is 1.75 bits per heavy atom. The molecule has 0 radical (unpaired) electrons. The SMILES string of the molecule is CCCCCCCNC(=O)/C(=C/c1ccc(OC(C)=O)c(OC)c1)NC(C)=O. The third kappa shape index (κ3) is 8.70. The van der Waals surface area contributed by atoms with Crippen molar-refractivity contribution in [1.29, 1.82) is 0 Å². The van der Waals surface area contributed by atoms with Crippen LogP contribution in [0.4, 0.5) is 0 Å². The van der Waals surface area contributed by atoms with Gasteiger partial charge < -0.3 is 20.1 Å². The molecule has 7 nitrogen and oxygen atoms in total. The second kappa shape index (κ2) is 12.5. The van der Waals surface area contributed by atoms with Crippen LogP contribution in [0, 0.1) is 0 Å². The minimum absolute atomic E-state index is 0.142. The van der Waals surface area contributed by atoms with Crippen LogP contribution in [-0.4, -0.2) is 31.4 Å². The molecule has 0 bridgehead atoms. The molecule has 0 heterocycles. The first-order chi connectivity index (χ1) is 13.4. The minimum Gasteiger partial charge on any atom is -0.493 e. The van der Waals surface area contributed by atoms with Crippen molar-refractivity contribution in [3.05, 3.63) is 29.5 Å². The first-order valence-corrected chi connectivity index (χ1v) is 9.51. The molecule has 1 aromatic carbocycles. The molecule has 0 aliphatic heterocycles. The van der Waals surface area contributed by atoms with Crippen LogP contribution in [0.15, 0.2) is 23.9 Å². The van der Waals surface area contributed by atoms with Gasteiger partial charge >= 0.3 is 5.97 Å². The molecule has 2 amide bonds. The van der Waals surface area contributed by atoms with Gasteiger partial charge in [0.05, 0.1) is 7.11 Å². The van der Waals surface area contributed by atoms with Crippen molar-refractivity contribution in [3.63, 3.8) is 0 Å². The number of benzene rings is 1. The Hall–Kier alpha value is -2.83. The lowest BCUT2D eigenvalue weighted by Gasteiger charge is -2.11. The molecule has 2 N–H and O–H groups in total. The third-order valence-corrected chi connectivity index (χ3v) is 3.87. The van der Waals surface area contributed by atoms with Crippen LogP contribution < -0.4 is 20.1 Å². The summed E-state index contributed by atoms with van der Waals surface area (Å²) in [6.07, 6.45) is 7.01. The van der Waals surface area contributed by atoms with Gasteiger partial charge in [0.1, 0.15) is 5.70 Å². The number of amides is 2. The van der Waals surface area contributed by atoms with Crippen molar-refractivity contribution in [2.24, 2.45) is 0 Å². The highest BCUT2D eigenvalue weighted by atomic mass is 16.6. The van der Waals surface area contributed by atoms with Crippen LogP contribution in [0.1, 0.15) is 58.4 Å². The zero-order chi connectivity index (χ0) is 20.9. The molecule has 0 spiro atoms. The van der Waals surface area contributed by atoms with Gasteiger partial charge in [-0.05, 0) is 30.2 Å². The molecule has 0 unspecified atom stereocenters. The quantitative estimate of drug-likeness (QED) is 0.262. The molecule has 7 heteroatoms. The maximum atomic E-state index is 12.4. The van der Waals surface area contributed by atoms with Crippen molar-refractivity contribution in [2.45, 2.75) is 52.9 Å². The summed E-state index contributed by atoms with van der Waals surface area (Å²) >= 11 is 0. The number of unbranched alkanes of at least 4 members (excludes halogenated alkanes) is 4. The topological polar surface area (TPSA) is 93.7 Å². The van der Waals surface area contributed by atoms with Crippen LogP contribution >= 0.6 is 0 Å². The molecule has 0 saturated heterocycles. The van der Waals surface area contributed by atoms with Crippen molar-refractivity contribution >= 4 is 23.9 Å². The number of carbonyl (C=O) groups excluding carboxylic acids is 3. The van der Waals surface area contributed by atoms with E-state index in [4.69, 9.17) is 9.47 Å². The smallest absolute Gasteiger partial charge is 0.308 e. The zero-order valence-electron chi connectivity index (χ0n) is 17.1. The number of methoxy groups -OCH3 is 1. The number of carbonyl (C=O) groups is 3. The standard InChI is InChI=1S/C21H30N2O5/c1-5-6-7-8-9-12-22-21(26)18(23-15(2)24)13-17-10-11-19(28-16(3)25)20(14-17)27-4/h10-11,13-14H,5-9,12H2,1-4H3,(H,22,26)(H,23,24)/b18-13-. The van der Waals surface area contributed by atoms with Crippen LogP contribution in [0.25, 0.3) is 6.08 Å². The number of esters is 1. The van der Waals surface area contributed by atoms with E-state index in [1.165, 1.54) is 33.8 Å². The van der Waals surface area contributed by atoms with Crippen LogP contribution in [0.2, 0.25) is 0 Å². The van der Waals surface area contributed by atoms with Crippen LogP contribution in [0.5, 0.6) is 11.5 Å². The number of nitrogens with one attached hydrogen (secondary N) is 2. The maximum Gasteiger partial charge on any atom is 0.308 e. The van der Waals surface area contributed by atoms with Gasteiger partial charge in [0.25, 0.3) is 5.91 Å². The number of hydrogen-bond acceptors (Lipinski definition) is 5. The number of hydrogen-bond donors (Lipinski definition) is 2. The number of ether oxygens (including phenoxy) is 2. The van der Waals surface area contributed by atoms with Crippen LogP contribution in [-0.2, 0) is 14.4 Å². The third-order valence-electron chi connectivity index (χ3n) is 3.87. The molecule has 0 aliphatic rings. The predicted molar refractivity (Wildman–Crippen MR) is 108 cm³/mol. The summed E-state index contributed by atoms with van der Waals surface area (Å²) in [6.45, 7) is 5.35. The first kappa shape index (κ1) is 23.2. The largest absolute Gasteiger partial charge is 0.493 e. The normalized spacial score (nSPS) is 10.9. The first-order valence-electron chi connectivity index (χ1n) is 9.51. The Bertz CT molecular complexity index is 713. The molecule has 0 saturated carbocycles. The molecule has 0 aliphatic carbocycles. The molecule has 28 heavy (non-hydrogen) atoms. The van der Waals surface area contributed by atoms with Gasteiger partial charge in [-0.15, -0.1) is 0 Å². The van der Waals surface area contributed by atoms with E-state index in [9.17, 15) is 14.4 Å². The molecule has 1 aromatic rings. The van der Waals surface area contributed by atoms with Crippen molar-refractivity contribution in [1.82, 2.24) is 10.6 Å². The predicted octanol–water partition coefficient (Wildman–Crippen LogP) is 3.18. The van der Waals surface area contributed by atoms with Crippen molar-refractivity contribution in [3.8, 4) is 11.5 Å². The fraction of sp³-hybridized carbons (Fsp3) is 0.476. The maximum absolute atomic E-state index is 12.4. The zero-order valence-corrected chi connectivity index (χ0v) is 17.1. The summed E-state index contributed by atoms with van der Waals surface area (Å²) in [4.78, 5) is 35.1. The minimum atomic E-state index is -0.459. The summed E-state index contributed by atoms with van der Waals surface area (Å²) in [5, 5.41) is 5.39. The molecular formula is C21H30N2O5. The summed E-state index contributed by atoms with van der Waals surface area (Å²) in [5.74, 6) is -0.521. The molecule has 0 atom stereocenters. The Morgan fingerprint density at radius 1 is 1.04 bits per heavy atom. The highest BCUT2D eigenvalue weighted by molar-refractivity contribution is 6.00. The summed E-state index contributed by atoms with van der Waals surface area (Å²) < 4.78 is 10.3. The Morgan fingerprint density at radius 3 is 2.36 bits per heavy atom. The molecule has 154 valence electrons. The second-order valence-corrected chi connectivity index (χ2v) is 6.41. The monoisotopic (exact) mass is 390 g/mol. The van der Waals surface area contributed by atoms with Gasteiger partial charge in [0.15, 0.2) is 11.5 Å². The van der Waals surface area contributed by atoms with E-state index >= 15 is 0 Å². The van der Waals surface area contributed by atoms with E-state index in [0.717, 1.165) is 19.3 Å². The lowest BCUT2D eigenvalue weighted by atomic mass is 10.1. The average Bonchev–Trinajstić information content (AvgIpc) is 2.64. The molecule has 0 aromatic heterocycles. The van der Waals surface area contributed by atoms with Gasteiger partial charge in [-0.1, -0.05) is 38.7 Å². The Labute approximate surface area is 166 Å². The Kier molecular flexibility index (Phi) is 10.4. The van der Waals surface area contributed by atoms with E-state index < -0.39 is 5.97 Å². The molecular weight excluding hydrogens is 360 g/mol. The molecule has 1 rings (SSSR count). The van der Waals surface area contributed by atoms with Gasteiger partial charge in [-0.25, -0.2) is 0 Å². The lowest BCUT2D eigenvalue weighted by molar-refractivity contribution is -0.132. The van der Waals surface area contributed by atoms with E-state index in [-0.39, 0.29) is 23.3 Å². The summed E-state index contributed by atoms with van der Waals surface area (Å²) in [6, 6.07) is 4.86. The fourth-order valence-electron chi connectivity index (χ4n) is 2.55. The van der Waals surface area contributed by atoms with Crippen molar-refractivity contribution < 1.29 is 23.9 Å². The average molecular weight is 390 g/mol.